The SMILES string of the molecule is CCN(CC)C(=O)CC(NC(=O)[C@H](CC(=O)n1c2ccccc2c2ccccc21)C(C)C)C(=O)CF. The molecule has 0 saturated carbocycles. The van der Waals surface area contributed by atoms with Crippen LogP contribution in [0, 0.1) is 11.8 Å². The molecule has 0 aliphatic heterocycles. The standard InChI is InChI=1S/C28H34FN3O4/c1-5-31(6-2)26(34)16-22(25(33)17-29)30-28(36)21(18(3)4)15-27(35)32-23-13-9-7-11-19(23)20-12-8-10-14-24(20)32/h7-14,18,21-22H,5-6,15-17H2,1-4H3,(H,30,36)/t21-,22?/m1/s1. The van der Waals surface area contributed by atoms with Crippen LogP contribution >= 0.6 is 0 Å². The average molecular weight is 496 g/mol. The van der Waals surface area contributed by atoms with Gasteiger partial charge in [0.05, 0.1) is 23.5 Å². The summed E-state index contributed by atoms with van der Waals surface area (Å²) in [6.07, 6.45) is -0.422. The topological polar surface area (TPSA) is 88.5 Å². The quantitative estimate of drug-likeness (QED) is 0.428. The number of halogens is 1. The van der Waals surface area contributed by atoms with Crippen LogP contribution < -0.4 is 5.32 Å². The molecule has 0 radical (unpaired) electrons. The van der Waals surface area contributed by atoms with E-state index >= 15 is 0 Å². The molecule has 2 aromatic carbocycles. The first kappa shape index (κ1) is 27.0. The fourth-order valence-electron chi connectivity index (χ4n) is 4.60. The van der Waals surface area contributed by atoms with E-state index in [2.05, 4.69) is 5.32 Å². The van der Waals surface area contributed by atoms with Crippen molar-refractivity contribution in [2.45, 2.75) is 46.6 Å². The number of amides is 2. The van der Waals surface area contributed by atoms with Crippen molar-refractivity contribution in [1.29, 1.82) is 0 Å². The van der Waals surface area contributed by atoms with E-state index in [1.54, 1.807) is 18.4 Å². The number of hydrogen-bond donors (Lipinski definition) is 1. The largest absolute Gasteiger partial charge is 0.345 e. The van der Waals surface area contributed by atoms with Crippen LogP contribution in [-0.2, 0) is 14.4 Å². The predicted molar refractivity (Wildman–Crippen MR) is 138 cm³/mol. The molecular formula is C28H34FN3O4. The van der Waals surface area contributed by atoms with Crippen LogP contribution in [0.5, 0.6) is 0 Å². The molecule has 1 heterocycles. The summed E-state index contributed by atoms with van der Waals surface area (Å²) in [6, 6.07) is 13.9. The van der Waals surface area contributed by atoms with Gasteiger partial charge in [-0.3, -0.25) is 23.7 Å². The van der Waals surface area contributed by atoms with E-state index in [4.69, 9.17) is 0 Å². The Morgan fingerprint density at radius 2 is 1.42 bits per heavy atom. The van der Waals surface area contributed by atoms with Gasteiger partial charge in [0.25, 0.3) is 0 Å². The molecule has 0 aliphatic rings. The maximum Gasteiger partial charge on any atom is 0.232 e. The minimum atomic E-state index is -1.29. The molecule has 2 amide bonds. The van der Waals surface area contributed by atoms with Gasteiger partial charge in [0, 0.05) is 36.2 Å². The zero-order valence-corrected chi connectivity index (χ0v) is 21.3. The van der Waals surface area contributed by atoms with E-state index in [-0.39, 0.29) is 30.6 Å². The second-order valence-electron chi connectivity index (χ2n) is 9.25. The van der Waals surface area contributed by atoms with Gasteiger partial charge in [-0.05, 0) is 31.9 Å². The van der Waals surface area contributed by atoms with E-state index in [1.165, 1.54) is 4.90 Å². The number of carbonyl (C=O) groups excluding carboxylic acids is 4. The minimum Gasteiger partial charge on any atom is -0.345 e. The van der Waals surface area contributed by atoms with Gasteiger partial charge in [0.2, 0.25) is 17.7 Å². The molecule has 0 fully saturated rings. The minimum absolute atomic E-state index is 0.104. The van der Waals surface area contributed by atoms with Crippen LogP contribution in [0.3, 0.4) is 0 Å². The zero-order valence-electron chi connectivity index (χ0n) is 21.3. The van der Waals surface area contributed by atoms with E-state index < -0.39 is 30.3 Å². The van der Waals surface area contributed by atoms with Crippen molar-refractivity contribution < 1.29 is 23.6 Å². The maximum absolute atomic E-state index is 13.6. The van der Waals surface area contributed by atoms with Crippen LogP contribution in [0.15, 0.2) is 48.5 Å². The summed E-state index contributed by atoms with van der Waals surface area (Å²) in [5.41, 5.74) is 1.50. The Labute approximate surface area is 210 Å². The summed E-state index contributed by atoms with van der Waals surface area (Å²) in [5.74, 6) is -3.00. The molecule has 2 atom stereocenters. The van der Waals surface area contributed by atoms with E-state index in [9.17, 15) is 23.6 Å². The Hall–Kier alpha value is -3.55. The number of carbonyl (C=O) groups is 4. The molecule has 7 nitrogen and oxygen atoms in total. The molecule has 3 rings (SSSR count). The Bertz CT molecular complexity index is 1210. The lowest BCUT2D eigenvalue weighted by Crippen LogP contribution is -2.48. The fraction of sp³-hybridized carbons (Fsp3) is 0.429. The molecule has 1 N–H and O–H groups in total. The molecule has 3 aromatic rings. The van der Waals surface area contributed by atoms with E-state index in [0.717, 1.165) is 21.8 Å². The fourth-order valence-corrected chi connectivity index (χ4v) is 4.60. The van der Waals surface area contributed by atoms with Crippen LogP contribution in [0.25, 0.3) is 21.8 Å². The second kappa shape index (κ2) is 11.9. The van der Waals surface area contributed by atoms with Gasteiger partial charge in [-0.1, -0.05) is 50.2 Å². The third-order valence-electron chi connectivity index (χ3n) is 6.70. The Kier molecular flexibility index (Phi) is 8.96. The summed E-state index contributed by atoms with van der Waals surface area (Å²) in [5, 5.41) is 4.45. The highest BCUT2D eigenvalue weighted by atomic mass is 19.1. The highest BCUT2D eigenvalue weighted by Gasteiger charge is 2.32. The third kappa shape index (κ3) is 5.64. The lowest BCUT2D eigenvalue weighted by atomic mass is 9.90. The number of ketones is 1. The van der Waals surface area contributed by atoms with Crippen LogP contribution in [0.4, 0.5) is 4.39 Å². The molecule has 0 aliphatic carbocycles. The van der Waals surface area contributed by atoms with Crippen molar-refractivity contribution in [3.8, 4) is 0 Å². The van der Waals surface area contributed by atoms with E-state index in [1.807, 2.05) is 62.4 Å². The second-order valence-corrected chi connectivity index (χ2v) is 9.25. The number of hydrogen-bond acceptors (Lipinski definition) is 4. The first-order valence-corrected chi connectivity index (χ1v) is 12.4. The number of alkyl halides is 1. The number of nitrogens with one attached hydrogen (secondary N) is 1. The van der Waals surface area contributed by atoms with Crippen molar-refractivity contribution in [2.24, 2.45) is 11.8 Å². The summed E-state index contributed by atoms with van der Waals surface area (Å²) < 4.78 is 14.9. The van der Waals surface area contributed by atoms with Crippen molar-refractivity contribution in [2.75, 3.05) is 19.8 Å². The number of nitrogens with zero attached hydrogens (tertiary/aromatic N) is 2. The van der Waals surface area contributed by atoms with Gasteiger partial charge in [0.1, 0.15) is 6.67 Å². The summed E-state index contributed by atoms with van der Waals surface area (Å²) >= 11 is 0. The number of benzene rings is 2. The first-order chi connectivity index (χ1) is 17.2. The van der Waals surface area contributed by atoms with Gasteiger partial charge in [-0.25, -0.2) is 4.39 Å². The monoisotopic (exact) mass is 495 g/mol. The van der Waals surface area contributed by atoms with Gasteiger partial charge in [0.15, 0.2) is 5.78 Å². The van der Waals surface area contributed by atoms with Gasteiger partial charge in [-0.15, -0.1) is 0 Å². The molecule has 0 spiro atoms. The zero-order chi connectivity index (χ0) is 26.4. The number of Topliss-reactive ketones (excluding diaryl/α,β-unsaturated/α-hetero) is 1. The normalized spacial score (nSPS) is 13.1. The first-order valence-electron chi connectivity index (χ1n) is 12.4. The highest BCUT2D eigenvalue weighted by Crippen LogP contribution is 2.30. The van der Waals surface area contributed by atoms with Gasteiger partial charge in [-0.2, -0.15) is 0 Å². The number of para-hydroxylation sites is 2. The Balaban J connectivity index is 1.86. The summed E-state index contributed by atoms with van der Waals surface area (Å²) in [6.45, 7) is 6.85. The lowest BCUT2D eigenvalue weighted by molar-refractivity contribution is -0.136. The molecule has 8 heteroatoms. The van der Waals surface area contributed by atoms with Crippen molar-refractivity contribution in [1.82, 2.24) is 14.8 Å². The summed E-state index contributed by atoms with van der Waals surface area (Å²) in [4.78, 5) is 53.2. The molecular weight excluding hydrogens is 461 g/mol. The number of rotatable bonds is 11. The molecule has 0 bridgehead atoms. The highest BCUT2D eigenvalue weighted by molar-refractivity contribution is 6.13. The Morgan fingerprint density at radius 3 is 1.89 bits per heavy atom. The molecule has 1 aromatic heterocycles. The lowest BCUT2D eigenvalue weighted by Gasteiger charge is -2.25. The van der Waals surface area contributed by atoms with Crippen LogP contribution in [0.2, 0.25) is 0 Å². The summed E-state index contributed by atoms with van der Waals surface area (Å²) in [7, 11) is 0. The molecule has 192 valence electrons. The number of aromatic nitrogens is 1. The number of fused-ring (bicyclic) bond motifs is 3. The molecule has 0 saturated heterocycles. The maximum atomic E-state index is 13.6. The third-order valence-corrected chi connectivity index (χ3v) is 6.70. The predicted octanol–water partition coefficient (Wildman–Crippen LogP) is 4.38. The van der Waals surface area contributed by atoms with Crippen LogP contribution in [0.1, 0.15) is 45.3 Å². The van der Waals surface area contributed by atoms with Gasteiger partial charge < -0.3 is 10.2 Å². The average Bonchev–Trinajstić information content (AvgIpc) is 3.21. The smallest absolute Gasteiger partial charge is 0.232 e. The van der Waals surface area contributed by atoms with Crippen molar-refractivity contribution in [3.05, 3.63) is 48.5 Å². The van der Waals surface area contributed by atoms with Crippen molar-refractivity contribution in [3.63, 3.8) is 0 Å². The van der Waals surface area contributed by atoms with Crippen molar-refractivity contribution >= 4 is 45.3 Å². The molecule has 1 unspecified atom stereocenters. The molecule has 36 heavy (non-hydrogen) atoms. The van der Waals surface area contributed by atoms with E-state index in [0.29, 0.717) is 13.1 Å². The Morgan fingerprint density at radius 1 is 0.889 bits per heavy atom. The van der Waals surface area contributed by atoms with Gasteiger partial charge >= 0.3 is 0 Å². The van der Waals surface area contributed by atoms with Crippen LogP contribution in [-0.4, -0.2) is 58.8 Å².